The summed E-state index contributed by atoms with van der Waals surface area (Å²) in [7, 11) is 0. The standard InChI is InChI=1S/C17H20FNO3/c1-10-7-14(15(17(21)22)8-11(10)2)16(20)19-9-12-3-5-13(18)6-4-12/h3-6,14-15H,7-9H2,1-2H3,(H,19,20)(H,21,22)/p-1/t14-,15+/m1/s1. The highest BCUT2D eigenvalue weighted by Gasteiger charge is 2.33. The summed E-state index contributed by atoms with van der Waals surface area (Å²) < 4.78 is 12.8. The molecule has 0 aliphatic heterocycles. The van der Waals surface area contributed by atoms with Gasteiger partial charge in [0.1, 0.15) is 5.82 Å². The van der Waals surface area contributed by atoms with Crippen LogP contribution in [0.3, 0.4) is 0 Å². The number of carbonyl (C=O) groups is 2. The molecule has 0 radical (unpaired) electrons. The van der Waals surface area contributed by atoms with Crippen molar-refractivity contribution in [2.24, 2.45) is 11.8 Å². The summed E-state index contributed by atoms with van der Waals surface area (Å²) in [6.07, 6.45) is 0.780. The molecule has 1 aromatic carbocycles. The molecule has 1 amide bonds. The van der Waals surface area contributed by atoms with Crippen molar-refractivity contribution >= 4 is 11.9 Å². The van der Waals surface area contributed by atoms with Gasteiger partial charge >= 0.3 is 0 Å². The molecule has 0 spiro atoms. The van der Waals surface area contributed by atoms with Crippen molar-refractivity contribution in [2.45, 2.75) is 33.2 Å². The predicted octanol–water partition coefficient (Wildman–Crippen LogP) is 1.55. The molecule has 22 heavy (non-hydrogen) atoms. The Balaban J connectivity index is 2.04. The number of carbonyl (C=O) groups excluding carboxylic acids is 2. The minimum Gasteiger partial charge on any atom is -0.550 e. The van der Waals surface area contributed by atoms with Crippen LogP contribution in [-0.2, 0) is 16.1 Å². The zero-order valence-electron chi connectivity index (χ0n) is 12.7. The molecule has 0 fully saturated rings. The SMILES string of the molecule is CC1=C(C)C[C@@H](C(=O)NCc2ccc(F)cc2)[C@@H](C(=O)[O-])C1. The molecule has 0 saturated carbocycles. The third-order valence-corrected chi connectivity index (χ3v) is 4.29. The maximum Gasteiger partial charge on any atom is 0.224 e. The summed E-state index contributed by atoms with van der Waals surface area (Å²) in [5.41, 5.74) is 2.83. The first-order chi connectivity index (χ1) is 10.4. The van der Waals surface area contributed by atoms with Gasteiger partial charge < -0.3 is 15.2 Å². The number of carboxylic acids is 1. The number of aliphatic carboxylic acids is 1. The van der Waals surface area contributed by atoms with Crippen molar-refractivity contribution in [3.8, 4) is 0 Å². The lowest BCUT2D eigenvalue weighted by atomic mass is 9.76. The number of hydrogen-bond acceptors (Lipinski definition) is 3. The van der Waals surface area contributed by atoms with Crippen LogP contribution in [0.1, 0.15) is 32.3 Å². The Morgan fingerprint density at radius 2 is 1.68 bits per heavy atom. The van der Waals surface area contributed by atoms with Crippen LogP contribution >= 0.6 is 0 Å². The Morgan fingerprint density at radius 3 is 2.23 bits per heavy atom. The van der Waals surface area contributed by atoms with E-state index in [0.29, 0.717) is 12.8 Å². The summed E-state index contributed by atoms with van der Waals surface area (Å²) in [6.45, 7) is 4.05. The van der Waals surface area contributed by atoms with Gasteiger partial charge in [-0.05, 0) is 44.4 Å². The number of amides is 1. The molecule has 0 unspecified atom stereocenters. The summed E-state index contributed by atoms with van der Waals surface area (Å²) in [5.74, 6) is -3.24. The van der Waals surface area contributed by atoms with E-state index >= 15 is 0 Å². The zero-order valence-corrected chi connectivity index (χ0v) is 12.7. The van der Waals surface area contributed by atoms with Gasteiger partial charge in [-0.2, -0.15) is 0 Å². The molecule has 0 heterocycles. The minimum absolute atomic E-state index is 0.247. The lowest BCUT2D eigenvalue weighted by Crippen LogP contribution is -2.44. The maximum atomic E-state index is 12.8. The molecule has 4 nitrogen and oxygen atoms in total. The number of carboxylic acid groups (broad SMARTS) is 1. The van der Waals surface area contributed by atoms with Crippen molar-refractivity contribution in [3.63, 3.8) is 0 Å². The second-order valence-corrected chi connectivity index (χ2v) is 5.85. The van der Waals surface area contributed by atoms with Crippen LogP contribution in [0.4, 0.5) is 4.39 Å². The lowest BCUT2D eigenvalue weighted by Gasteiger charge is -2.32. The number of rotatable bonds is 4. The summed E-state index contributed by atoms with van der Waals surface area (Å²) >= 11 is 0. The van der Waals surface area contributed by atoms with Gasteiger partial charge in [-0.25, -0.2) is 4.39 Å². The van der Waals surface area contributed by atoms with Gasteiger partial charge in [-0.15, -0.1) is 0 Å². The van der Waals surface area contributed by atoms with E-state index in [9.17, 15) is 19.1 Å². The highest BCUT2D eigenvalue weighted by Crippen LogP contribution is 2.34. The molecule has 5 heteroatoms. The van der Waals surface area contributed by atoms with Crippen LogP contribution in [0.15, 0.2) is 35.4 Å². The van der Waals surface area contributed by atoms with Gasteiger partial charge in [0.05, 0.1) is 0 Å². The van der Waals surface area contributed by atoms with Crippen LogP contribution in [0.25, 0.3) is 0 Å². The molecule has 2 atom stereocenters. The van der Waals surface area contributed by atoms with E-state index in [4.69, 9.17) is 0 Å². The first-order valence-corrected chi connectivity index (χ1v) is 7.26. The van der Waals surface area contributed by atoms with Crippen molar-refractivity contribution in [3.05, 3.63) is 46.8 Å². The number of allylic oxidation sites excluding steroid dienone is 2. The van der Waals surface area contributed by atoms with Crippen LogP contribution in [0.2, 0.25) is 0 Å². The van der Waals surface area contributed by atoms with Gasteiger partial charge in [0.2, 0.25) is 5.91 Å². The molecule has 1 aliphatic carbocycles. The van der Waals surface area contributed by atoms with Gasteiger partial charge in [0.25, 0.3) is 0 Å². The topological polar surface area (TPSA) is 69.2 Å². The van der Waals surface area contributed by atoms with E-state index in [1.165, 1.54) is 12.1 Å². The number of halogens is 1. The van der Waals surface area contributed by atoms with E-state index in [1.54, 1.807) is 12.1 Å². The smallest absolute Gasteiger partial charge is 0.224 e. The van der Waals surface area contributed by atoms with E-state index in [0.717, 1.165) is 16.7 Å². The average Bonchev–Trinajstić information content (AvgIpc) is 2.48. The van der Waals surface area contributed by atoms with Crippen molar-refractivity contribution in [2.75, 3.05) is 0 Å². The fourth-order valence-corrected chi connectivity index (χ4v) is 2.74. The quantitative estimate of drug-likeness (QED) is 0.858. The molecule has 0 aromatic heterocycles. The molecule has 0 bridgehead atoms. The van der Waals surface area contributed by atoms with Crippen LogP contribution in [0.5, 0.6) is 0 Å². The number of benzene rings is 1. The van der Waals surface area contributed by atoms with Gasteiger partial charge in [0, 0.05) is 24.3 Å². The van der Waals surface area contributed by atoms with Crippen LogP contribution in [-0.4, -0.2) is 11.9 Å². The lowest BCUT2D eigenvalue weighted by molar-refractivity contribution is -0.313. The minimum atomic E-state index is -1.19. The first kappa shape index (κ1) is 16.2. The van der Waals surface area contributed by atoms with Gasteiger partial charge in [-0.3, -0.25) is 4.79 Å². The Bertz CT molecular complexity index is 607. The Labute approximate surface area is 129 Å². The highest BCUT2D eigenvalue weighted by atomic mass is 19.1. The van der Waals surface area contributed by atoms with Crippen LogP contribution < -0.4 is 10.4 Å². The third-order valence-electron chi connectivity index (χ3n) is 4.29. The number of nitrogens with one attached hydrogen (secondary N) is 1. The molecular weight excluding hydrogens is 285 g/mol. The number of hydrogen-bond donors (Lipinski definition) is 1. The van der Waals surface area contributed by atoms with E-state index in [2.05, 4.69) is 5.32 Å². The largest absolute Gasteiger partial charge is 0.550 e. The second-order valence-electron chi connectivity index (χ2n) is 5.85. The Kier molecular flexibility index (Phi) is 4.96. The molecular formula is C17H19FNO3-. The predicted molar refractivity (Wildman–Crippen MR) is 77.8 cm³/mol. The van der Waals surface area contributed by atoms with Crippen molar-refractivity contribution < 1.29 is 19.1 Å². The summed E-state index contributed by atoms with van der Waals surface area (Å²) in [6, 6.07) is 5.81. The van der Waals surface area contributed by atoms with Crippen molar-refractivity contribution in [1.29, 1.82) is 0 Å². The molecule has 2 rings (SSSR count). The normalized spacial score (nSPS) is 21.6. The van der Waals surface area contributed by atoms with E-state index in [1.807, 2.05) is 13.8 Å². The summed E-state index contributed by atoms with van der Waals surface area (Å²) in [4.78, 5) is 23.6. The first-order valence-electron chi connectivity index (χ1n) is 7.26. The average molecular weight is 304 g/mol. The monoisotopic (exact) mass is 304 g/mol. The summed E-state index contributed by atoms with van der Waals surface area (Å²) in [5, 5.41) is 14.0. The maximum absolute atomic E-state index is 12.8. The molecule has 118 valence electrons. The van der Waals surface area contributed by atoms with E-state index < -0.39 is 17.8 Å². The Morgan fingerprint density at radius 1 is 1.14 bits per heavy atom. The molecule has 1 aliphatic rings. The Hall–Kier alpha value is -2.17. The molecule has 1 N–H and O–H groups in total. The van der Waals surface area contributed by atoms with Crippen LogP contribution in [0, 0.1) is 17.7 Å². The fraction of sp³-hybridized carbons (Fsp3) is 0.412. The fourth-order valence-electron chi connectivity index (χ4n) is 2.74. The highest BCUT2D eigenvalue weighted by molar-refractivity contribution is 5.85. The third kappa shape index (κ3) is 3.72. The van der Waals surface area contributed by atoms with Gasteiger partial charge in [0.15, 0.2) is 0 Å². The van der Waals surface area contributed by atoms with Gasteiger partial charge in [-0.1, -0.05) is 23.3 Å². The zero-order chi connectivity index (χ0) is 16.3. The van der Waals surface area contributed by atoms with Crippen molar-refractivity contribution in [1.82, 2.24) is 5.32 Å². The second kappa shape index (κ2) is 6.73. The molecule has 1 aromatic rings. The molecule has 0 saturated heterocycles. The van der Waals surface area contributed by atoms with E-state index in [-0.39, 0.29) is 18.3 Å².